The van der Waals surface area contributed by atoms with Gasteiger partial charge in [0.15, 0.2) is 0 Å². The molecule has 0 aliphatic carbocycles. The molecule has 0 aliphatic rings. The third kappa shape index (κ3) is 10.6. The number of ether oxygens (including phenoxy) is 1. The summed E-state index contributed by atoms with van der Waals surface area (Å²) in [6.45, 7) is 9.93. The summed E-state index contributed by atoms with van der Waals surface area (Å²) in [5, 5.41) is 16.4. The van der Waals surface area contributed by atoms with Gasteiger partial charge in [0.2, 0.25) is 6.29 Å². The van der Waals surface area contributed by atoms with E-state index in [0.29, 0.717) is 12.8 Å². The Hall–Kier alpha value is -1.66. The molecule has 6 heteroatoms. The Balaban J connectivity index is 0. The summed E-state index contributed by atoms with van der Waals surface area (Å²) in [4.78, 5) is 23.8. The number of carbonyl (C=O) groups is 2. The van der Waals surface area contributed by atoms with Crippen molar-refractivity contribution < 1.29 is 29.6 Å². The minimum Gasteiger partial charge on any atom is -0.433 e. The second-order valence-corrected chi connectivity index (χ2v) is 2.84. The van der Waals surface area contributed by atoms with Crippen molar-refractivity contribution >= 4 is 11.9 Å². The monoisotopic (exact) mass is 246 g/mol. The fourth-order valence-electron chi connectivity index (χ4n) is 0.474. The average Bonchev–Trinajstić information content (AvgIpc) is 2.36. The summed E-state index contributed by atoms with van der Waals surface area (Å²) < 4.78 is 4.35. The summed E-state index contributed by atoms with van der Waals surface area (Å²) in [7, 11) is 0. The molecular weight excluding hydrogens is 228 g/mol. The molecule has 0 saturated heterocycles. The first-order valence-electron chi connectivity index (χ1n) is 4.97. The number of aliphatic hydroxyl groups is 1. The van der Waals surface area contributed by atoms with Gasteiger partial charge in [-0.15, -0.1) is 0 Å². The maximum atomic E-state index is 10.3. The van der Waals surface area contributed by atoms with E-state index < -0.39 is 18.2 Å². The van der Waals surface area contributed by atoms with Crippen molar-refractivity contribution in [1.29, 1.82) is 0 Å². The van der Waals surface area contributed by atoms with Crippen molar-refractivity contribution in [2.24, 2.45) is 0 Å². The van der Waals surface area contributed by atoms with Crippen LogP contribution >= 0.6 is 0 Å². The van der Waals surface area contributed by atoms with Gasteiger partial charge >= 0.3 is 11.9 Å². The fraction of sp³-hybridized carbons (Fsp3) is 0.455. The first-order valence-corrected chi connectivity index (χ1v) is 4.97. The standard InChI is InChI=1S/C6H10O3.C5H8O3/c1-3-5(7)9-6(8)4-2;1-3-4(2)5(6)8-7/h3,6,8H,1,4H2,2H3;7H,2-3H2,1H3. The van der Waals surface area contributed by atoms with Crippen LogP contribution in [0.1, 0.15) is 26.7 Å². The Kier molecular flexibility index (Phi) is 11.3. The molecule has 0 heterocycles. The molecule has 17 heavy (non-hydrogen) atoms. The van der Waals surface area contributed by atoms with E-state index in [-0.39, 0.29) is 5.57 Å². The molecule has 6 nitrogen and oxygen atoms in total. The fourth-order valence-corrected chi connectivity index (χ4v) is 0.474. The van der Waals surface area contributed by atoms with Gasteiger partial charge in [0.05, 0.1) is 0 Å². The third-order valence-electron chi connectivity index (χ3n) is 1.57. The SMILES string of the molecule is C=C(CC)C(=O)OO.C=CC(=O)OC(O)CC. The molecule has 1 unspecified atom stereocenters. The Bertz CT molecular complexity index is 257. The molecule has 1 atom stereocenters. The van der Waals surface area contributed by atoms with Gasteiger partial charge in [-0.05, 0) is 6.42 Å². The molecule has 0 aromatic rings. The maximum absolute atomic E-state index is 10.3. The zero-order chi connectivity index (χ0) is 13.8. The van der Waals surface area contributed by atoms with Crippen LogP contribution in [0.25, 0.3) is 0 Å². The molecule has 0 spiro atoms. The Labute approximate surface area is 100 Å². The lowest BCUT2D eigenvalue weighted by Gasteiger charge is -2.05. The van der Waals surface area contributed by atoms with Crippen LogP contribution in [-0.4, -0.2) is 28.6 Å². The van der Waals surface area contributed by atoms with Gasteiger partial charge < -0.3 is 9.84 Å². The van der Waals surface area contributed by atoms with E-state index >= 15 is 0 Å². The molecular formula is C11H18O6. The largest absolute Gasteiger partial charge is 0.433 e. The van der Waals surface area contributed by atoms with Crippen molar-refractivity contribution in [2.45, 2.75) is 33.0 Å². The molecule has 0 aromatic carbocycles. The highest BCUT2D eigenvalue weighted by molar-refractivity contribution is 5.86. The molecule has 98 valence electrons. The van der Waals surface area contributed by atoms with Crippen LogP contribution in [0, 0.1) is 0 Å². The van der Waals surface area contributed by atoms with Gasteiger partial charge in [0.25, 0.3) is 0 Å². The molecule has 0 radical (unpaired) electrons. The predicted molar refractivity (Wildman–Crippen MR) is 60.7 cm³/mol. The van der Waals surface area contributed by atoms with Crippen LogP contribution in [0.3, 0.4) is 0 Å². The first-order chi connectivity index (χ1) is 7.92. The van der Waals surface area contributed by atoms with Crippen molar-refractivity contribution in [3.63, 3.8) is 0 Å². The van der Waals surface area contributed by atoms with Crippen LogP contribution in [0.2, 0.25) is 0 Å². The molecule has 0 rings (SSSR count). The van der Waals surface area contributed by atoms with E-state index in [1.54, 1.807) is 13.8 Å². The second-order valence-electron chi connectivity index (χ2n) is 2.84. The topological polar surface area (TPSA) is 93.1 Å². The van der Waals surface area contributed by atoms with Crippen molar-refractivity contribution in [2.75, 3.05) is 0 Å². The molecule has 0 saturated carbocycles. The summed E-state index contributed by atoms with van der Waals surface area (Å²) in [5.41, 5.74) is 0.271. The van der Waals surface area contributed by atoms with E-state index in [9.17, 15) is 9.59 Å². The minimum absolute atomic E-state index is 0.271. The second kappa shape index (κ2) is 10.8. The molecule has 0 fully saturated rings. The number of hydrogen-bond acceptors (Lipinski definition) is 6. The van der Waals surface area contributed by atoms with Crippen molar-refractivity contribution in [3.8, 4) is 0 Å². The number of carbonyl (C=O) groups excluding carboxylic acids is 2. The molecule has 0 aromatic heterocycles. The highest BCUT2D eigenvalue weighted by Crippen LogP contribution is 1.96. The Morgan fingerprint density at radius 2 is 1.94 bits per heavy atom. The van der Waals surface area contributed by atoms with Crippen LogP contribution in [0.15, 0.2) is 24.8 Å². The van der Waals surface area contributed by atoms with Crippen LogP contribution in [0.5, 0.6) is 0 Å². The third-order valence-corrected chi connectivity index (χ3v) is 1.57. The maximum Gasteiger partial charge on any atom is 0.368 e. The van der Waals surface area contributed by atoms with Crippen molar-refractivity contribution in [3.05, 3.63) is 24.8 Å². The predicted octanol–water partition coefficient (Wildman–Crippen LogP) is 1.41. The summed E-state index contributed by atoms with van der Waals surface area (Å²) in [6, 6.07) is 0. The highest BCUT2D eigenvalue weighted by atomic mass is 17.1. The van der Waals surface area contributed by atoms with E-state index in [1.807, 2.05) is 0 Å². The molecule has 0 amide bonds. The van der Waals surface area contributed by atoms with E-state index in [2.05, 4.69) is 22.8 Å². The highest BCUT2D eigenvalue weighted by Gasteiger charge is 2.03. The molecule has 0 bridgehead atoms. The number of aliphatic hydroxyl groups excluding tert-OH is 1. The van der Waals surface area contributed by atoms with E-state index in [1.165, 1.54) is 0 Å². The average molecular weight is 246 g/mol. The van der Waals surface area contributed by atoms with Gasteiger partial charge in [-0.1, -0.05) is 27.0 Å². The Morgan fingerprint density at radius 1 is 1.41 bits per heavy atom. The van der Waals surface area contributed by atoms with E-state index in [4.69, 9.17) is 10.4 Å². The molecule has 2 N–H and O–H groups in total. The van der Waals surface area contributed by atoms with Gasteiger partial charge in [0.1, 0.15) is 0 Å². The van der Waals surface area contributed by atoms with Crippen LogP contribution in [0.4, 0.5) is 0 Å². The zero-order valence-corrected chi connectivity index (χ0v) is 10.0. The number of esters is 1. The Morgan fingerprint density at radius 3 is 2.18 bits per heavy atom. The molecule has 0 aliphatic heterocycles. The van der Waals surface area contributed by atoms with Gasteiger partial charge in [-0.2, -0.15) is 5.26 Å². The lowest BCUT2D eigenvalue weighted by Crippen LogP contribution is -2.14. The lowest BCUT2D eigenvalue weighted by atomic mass is 10.2. The van der Waals surface area contributed by atoms with Crippen LogP contribution in [-0.2, 0) is 19.2 Å². The van der Waals surface area contributed by atoms with Crippen LogP contribution < -0.4 is 0 Å². The summed E-state index contributed by atoms with van der Waals surface area (Å²) in [6.07, 6.45) is 0.924. The van der Waals surface area contributed by atoms with Crippen molar-refractivity contribution in [1.82, 2.24) is 0 Å². The van der Waals surface area contributed by atoms with Gasteiger partial charge in [-0.25, -0.2) is 9.59 Å². The minimum atomic E-state index is -0.990. The number of rotatable bonds is 5. The lowest BCUT2D eigenvalue weighted by molar-refractivity contribution is -0.229. The normalized spacial score (nSPS) is 10.4. The van der Waals surface area contributed by atoms with E-state index in [0.717, 1.165) is 6.08 Å². The summed E-state index contributed by atoms with van der Waals surface area (Å²) >= 11 is 0. The first kappa shape index (κ1) is 17.7. The van der Waals surface area contributed by atoms with Gasteiger partial charge in [-0.3, -0.25) is 4.89 Å². The van der Waals surface area contributed by atoms with Gasteiger partial charge in [0, 0.05) is 18.1 Å². The smallest absolute Gasteiger partial charge is 0.368 e. The quantitative estimate of drug-likeness (QED) is 0.250. The zero-order valence-electron chi connectivity index (χ0n) is 10.0. The number of hydrogen-bond donors (Lipinski definition) is 2. The summed E-state index contributed by atoms with van der Waals surface area (Å²) in [5.74, 6) is -1.35.